The van der Waals surface area contributed by atoms with E-state index < -0.39 is 23.5 Å². The predicted molar refractivity (Wildman–Crippen MR) is 77.8 cm³/mol. The molecule has 1 saturated heterocycles. The van der Waals surface area contributed by atoms with Crippen LogP contribution < -0.4 is 11.1 Å². The molecule has 4 rings (SSSR count). The Hall–Kier alpha value is -2.23. The average molecular weight is 305 g/mol. The van der Waals surface area contributed by atoms with Gasteiger partial charge in [-0.3, -0.25) is 10.1 Å². The number of H-pyrrole nitrogens is 1. The van der Waals surface area contributed by atoms with Crippen molar-refractivity contribution in [3.63, 3.8) is 0 Å². The molecule has 22 heavy (non-hydrogen) atoms. The summed E-state index contributed by atoms with van der Waals surface area (Å²) in [6.45, 7) is 1.50. The van der Waals surface area contributed by atoms with Crippen molar-refractivity contribution in [3.05, 3.63) is 22.2 Å². The van der Waals surface area contributed by atoms with Gasteiger partial charge in [0.15, 0.2) is 5.82 Å². The Labute approximate surface area is 124 Å². The Morgan fingerprint density at radius 2 is 2.41 bits per heavy atom. The summed E-state index contributed by atoms with van der Waals surface area (Å²) in [6, 6.07) is 1.72. The maximum Gasteiger partial charge on any atom is 0.347 e. The van der Waals surface area contributed by atoms with Crippen LogP contribution in [-0.2, 0) is 4.74 Å². The molecule has 0 radical (unpaired) electrons. The number of aliphatic hydroxyl groups is 2. The fourth-order valence-corrected chi connectivity index (χ4v) is 3.16. The number of hydrogen-bond acceptors (Lipinski definition) is 7. The highest BCUT2D eigenvalue weighted by atomic mass is 16.5. The number of ether oxygens (including phenoxy) is 1. The highest BCUT2D eigenvalue weighted by Crippen LogP contribution is 2.43. The summed E-state index contributed by atoms with van der Waals surface area (Å²) in [5.74, 6) is 0.306. The Morgan fingerprint density at radius 1 is 1.59 bits per heavy atom. The minimum Gasteiger partial charge on any atom is -0.394 e. The van der Waals surface area contributed by atoms with Gasteiger partial charge in [-0.1, -0.05) is 0 Å². The summed E-state index contributed by atoms with van der Waals surface area (Å²) >= 11 is 0. The van der Waals surface area contributed by atoms with Crippen molar-refractivity contribution in [2.75, 3.05) is 12.0 Å². The lowest BCUT2D eigenvalue weighted by Crippen LogP contribution is -2.31. The van der Waals surface area contributed by atoms with Crippen LogP contribution >= 0.6 is 0 Å². The van der Waals surface area contributed by atoms with Crippen molar-refractivity contribution in [2.24, 2.45) is 4.99 Å². The van der Waals surface area contributed by atoms with Gasteiger partial charge >= 0.3 is 5.69 Å². The molecule has 3 atom stereocenters. The van der Waals surface area contributed by atoms with Crippen molar-refractivity contribution < 1.29 is 14.9 Å². The third-order valence-electron chi connectivity index (χ3n) is 4.07. The summed E-state index contributed by atoms with van der Waals surface area (Å²) in [5.41, 5.74) is 3.13. The summed E-state index contributed by atoms with van der Waals surface area (Å²) in [4.78, 5) is 22.1. The second kappa shape index (κ2) is 4.38. The summed E-state index contributed by atoms with van der Waals surface area (Å²) in [6.07, 6.45) is 0.670. The van der Waals surface area contributed by atoms with E-state index in [4.69, 9.17) is 4.74 Å². The second-order valence-corrected chi connectivity index (χ2v) is 5.80. The average Bonchev–Trinajstić information content (AvgIpc) is 2.97. The molecule has 2 aromatic rings. The Bertz CT molecular complexity index is 837. The fourth-order valence-electron chi connectivity index (χ4n) is 3.16. The standard InChI is InChI=1S/C13H15N5O4/c1-13(21)3-6(4-19)22-10(13)8-2-7-9-11(17-12(20)16-7)14-5-15-18(8)9/h2,5-6,10,19,21H,3-4H2,1H3,(H2,14,15,16,17,20)/t6-,10-,13+/m0/s1. The van der Waals surface area contributed by atoms with Gasteiger partial charge in [-0.25, -0.2) is 9.79 Å². The van der Waals surface area contributed by atoms with E-state index in [9.17, 15) is 15.0 Å². The Balaban J connectivity index is 1.91. The second-order valence-electron chi connectivity index (χ2n) is 5.80. The minimum atomic E-state index is -1.13. The van der Waals surface area contributed by atoms with E-state index in [1.807, 2.05) is 0 Å². The number of rotatable bonds is 2. The molecule has 2 aromatic heterocycles. The predicted octanol–water partition coefficient (Wildman–Crippen LogP) is -0.485. The molecule has 9 nitrogen and oxygen atoms in total. The largest absolute Gasteiger partial charge is 0.394 e. The van der Waals surface area contributed by atoms with Crippen LogP contribution in [0.25, 0.3) is 11.0 Å². The van der Waals surface area contributed by atoms with E-state index in [1.165, 1.54) is 6.34 Å². The van der Waals surface area contributed by atoms with Crippen LogP contribution in [0, 0.1) is 0 Å². The molecule has 0 aromatic carbocycles. The molecule has 0 spiro atoms. The van der Waals surface area contributed by atoms with Gasteiger partial charge in [0.25, 0.3) is 0 Å². The van der Waals surface area contributed by atoms with E-state index in [0.29, 0.717) is 29.0 Å². The van der Waals surface area contributed by atoms with Gasteiger partial charge in [0.2, 0.25) is 0 Å². The van der Waals surface area contributed by atoms with Gasteiger partial charge in [-0.05, 0) is 13.0 Å². The maximum absolute atomic E-state index is 11.6. The van der Waals surface area contributed by atoms with Crippen LogP contribution in [0.2, 0.25) is 0 Å². The first-order valence-corrected chi connectivity index (χ1v) is 6.93. The number of aromatic amines is 1. The van der Waals surface area contributed by atoms with Crippen LogP contribution in [0.4, 0.5) is 5.82 Å². The van der Waals surface area contributed by atoms with Gasteiger partial charge in [0.1, 0.15) is 18.0 Å². The lowest BCUT2D eigenvalue weighted by Gasteiger charge is -2.25. The van der Waals surface area contributed by atoms with Crippen molar-refractivity contribution in [1.82, 2.24) is 14.6 Å². The number of hydrogen-bond donors (Lipinski definition) is 4. The normalized spacial score (nSPS) is 30.0. The SMILES string of the molecule is C[C@@]1(O)C[C@@H](CO)O[C@H]1c1cc2[nH]c(=O)nc3c2n1NC=N3. The maximum atomic E-state index is 11.6. The summed E-state index contributed by atoms with van der Waals surface area (Å²) in [5, 5.41) is 19.9. The third kappa shape index (κ3) is 1.79. The molecule has 9 heteroatoms. The Kier molecular flexibility index (Phi) is 2.68. The summed E-state index contributed by atoms with van der Waals surface area (Å²) < 4.78 is 7.44. The fraction of sp³-hybridized carbons (Fsp3) is 0.462. The smallest absolute Gasteiger partial charge is 0.347 e. The molecular formula is C13H15N5O4. The number of nitrogens with one attached hydrogen (secondary N) is 2. The molecule has 2 aliphatic heterocycles. The topological polar surface area (TPSA) is 125 Å². The lowest BCUT2D eigenvalue weighted by atomic mass is 9.94. The Morgan fingerprint density at radius 3 is 3.14 bits per heavy atom. The molecule has 0 unspecified atom stereocenters. The first-order valence-electron chi connectivity index (χ1n) is 6.93. The molecule has 4 heterocycles. The van der Waals surface area contributed by atoms with Crippen molar-refractivity contribution in [1.29, 1.82) is 0 Å². The van der Waals surface area contributed by atoms with Crippen LogP contribution in [0.3, 0.4) is 0 Å². The van der Waals surface area contributed by atoms with Gasteiger partial charge in [0.05, 0.1) is 29.5 Å². The van der Waals surface area contributed by atoms with Crippen LogP contribution in [-0.4, -0.2) is 49.5 Å². The van der Waals surface area contributed by atoms with Crippen LogP contribution in [0.15, 0.2) is 15.9 Å². The number of nitrogens with zero attached hydrogens (tertiary/aromatic N) is 3. The zero-order valence-corrected chi connectivity index (χ0v) is 11.8. The van der Waals surface area contributed by atoms with E-state index in [1.54, 1.807) is 17.7 Å². The van der Waals surface area contributed by atoms with Gasteiger partial charge < -0.3 is 19.9 Å². The number of aliphatic imine (C=N–C) groups is 1. The van der Waals surface area contributed by atoms with Crippen molar-refractivity contribution in [2.45, 2.75) is 31.2 Å². The van der Waals surface area contributed by atoms with Gasteiger partial charge in [0, 0.05) is 6.42 Å². The molecule has 2 aliphatic rings. The first-order chi connectivity index (χ1) is 10.5. The zero-order valence-electron chi connectivity index (χ0n) is 11.8. The van der Waals surface area contributed by atoms with Crippen molar-refractivity contribution >= 4 is 23.2 Å². The highest BCUT2D eigenvalue weighted by molar-refractivity contribution is 5.91. The van der Waals surface area contributed by atoms with Crippen molar-refractivity contribution in [3.8, 4) is 0 Å². The molecule has 4 N–H and O–H groups in total. The first kappa shape index (κ1) is 13.4. The molecule has 1 fully saturated rings. The summed E-state index contributed by atoms with van der Waals surface area (Å²) in [7, 11) is 0. The van der Waals surface area contributed by atoms with E-state index in [-0.39, 0.29) is 6.61 Å². The van der Waals surface area contributed by atoms with Gasteiger partial charge in [-0.15, -0.1) is 0 Å². The van der Waals surface area contributed by atoms with Gasteiger partial charge in [-0.2, -0.15) is 4.98 Å². The minimum absolute atomic E-state index is 0.161. The molecular weight excluding hydrogens is 290 g/mol. The molecule has 116 valence electrons. The highest BCUT2D eigenvalue weighted by Gasteiger charge is 2.46. The van der Waals surface area contributed by atoms with Crippen LogP contribution in [0.5, 0.6) is 0 Å². The molecule has 0 bridgehead atoms. The third-order valence-corrected chi connectivity index (χ3v) is 4.07. The van der Waals surface area contributed by atoms with E-state index >= 15 is 0 Å². The molecule has 0 amide bonds. The van der Waals surface area contributed by atoms with Crippen LogP contribution in [0.1, 0.15) is 25.1 Å². The lowest BCUT2D eigenvalue weighted by molar-refractivity contribution is -0.0496. The van der Waals surface area contributed by atoms with E-state index in [2.05, 4.69) is 20.4 Å². The van der Waals surface area contributed by atoms with E-state index in [0.717, 1.165) is 0 Å². The quantitative estimate of drug-likeness (QED) is 0.593. The number of aliphatic hydroxyl groups excluding tert-OH is 1. The number of aromatic nitrogens is 3. The monoisotopic (exact) mass is 305 g/mol. The molecule has 0 saturated carbocycles. The zero-order chi connectivity index (χ0) is 15.5. The molecule has 0 aliphatic carbocycles.